The molecule has 0 bridgehead atoms. The van der Waals surface area contributed by atoms with Crippen molar-refractivity contribution >= 4 is 35.1 Å². The summed E-state index contributed by atoms with van der Waals surface area (Å²) in [5.41, 5.74) is 0.502. The van der Waals surface area contributed by atoms with Gasteiger partial charge in [0, 0.05) is 28.6 Å². The minimum atomic E-state index is -1.25. The van der Waals surface area contributed by atoms with Gasteiger partial charge < -0.3 is 14.8 Å². The standard InChI is InChI=1S/C20H19ClN2O7/c1-29-17(24)11-16(12-5-9-15(10-6-12)23(27)28)18(20(26)30-2)22-19(25)13-3-7-14(21)8-4-13/h3-10,16,18H,11H2,1-2H3,(H,22,25)/t16-,18-/m0/s1. The molecule has 2 atom stereocenters. The zero-order valence-electron chi connectivity index (χ0n) is 16.2. The second-order valence-corrected chi connectivity index (χ2v) is 6.65. The van der Waals surface area contributed by atoms with Crippen LogP contribution in [0.3, 0.4) is 0 Å². The highest BCUT2D eigenvalue weighted by atomic mass is 35.5. The van der Waals surface area contributed by atoms with Gasteiger partial charge >= 0.3 is 11.9 Å². The number of amides is 1. The summed E-state index contributed by atoms with van der Waals surface area (Å²) in [5, 5.41) is 13.9. The molecule has 0 heterocycles. The van der Waals surface area contributed by atoms with E-state index in [1.54, 1.807) is 0 Å². The second-order valence-electron chi connectivity index (χ2n) is 6.22. The Balaban J connectivity index is 2.40. The van der Waals surface area contributed by atoms with E-state index in [-0.39, 0.29) is 17.7 Å². The molecule has 158 valence electrons. The maximum Gasteiger partial charge on any atom is 0.329 e. The van der Waals surface area contributed by atoms with Gasteiger partial charge in [0.2, 0.25) is 0 Å². The minimum Gasteiger partial charge on any atom is -0.469 e. The van der Waals surface area contributed by atoms with Crippen molar-refractivity contribution in [2.75, 3.05) is 14.2 Å². The fraction of sp³-hybridized carbons (Fsp3) is 0.250. The van der Waals surface area contributed by atoms with E-state index >= 15 is 0 Å². The van der Waals surface area contributed by atoms with Crippen LogP contribution in [0.15, 0.2) is 48.5 Å². The fourth-order valence-corrected chi connectivity index (χ4v) is 2.94. The Morgan fingerprint density at radius 3 is 2.13 bits per heavy atom. The normalized spacial score (nSPS) is 12.4. The minimum absolute atomic E-state index is 0.157. The molecule has 2 rings (SSSR count). The number of esters is 2. The van der Waals surface area contributed by atoms with E-state index in [0.29, 0.717) is 10.6 Å². The quantitative estimate of drug-likeness (QED) is 0.384. The highest BCUT2D eigenvalue weighted by molar-refractivity contribution is 6.30. The number of nitrogens with zero attached hydrogens (tertiary/aromatic N) is 1. The number of non-ortho nitro benzene ring substituents is 1. The number of benzene rings is 2. The molecule has 0 aliphatic rings. The summed E-state index contributed by atoms with van der Waals surface area (Å²) in [6.45, 7) is 0. The lowest BCUT2D eigenvalue weighted by molar-refractivity contribution is -0.384. The zero-order chi connectivity index (χ0) is 22.3. The SMILES string of the molecule is COC(=O)C[C@@H](c1ccc([N+](=O)[O-])cc1)[C@H](NC(=O)c1ccc(Cl)cc1)C(=O)OC. The Kier molecular flexibility index (Phi) is 7.88. The summed E-state index contributed by atoms with van der Waals surface area (Å²) in [6, 6.07) is 10.1. The first kappa shape index (κ1) is 22.8. The van der Waals surface area contributed by atoms with Crippen molar-refractivity contribution in [3.63, 3.8) is 0 Å². The number of halogens is 1. The molecule has 1 amide bonds. The van der Waals surface area contributed by atoms with E-state index in [0.717, 1.165) is 7.11 Å². The van der Waals surface area contributed by atoms with Crippen LogP contribution in [0.2, 0.25) is 5.02 Å². The van der Waals surface area contributed by atoms with Gasteiger partial charge in [0.1, 0.15) is 6.04 Å². The van der Waals surface area contributed by atoms with Crippen molar-refractivity contribution < 1.29 is 28.8 Å². The smallest absolute Gasteiger partial charge is 0.329 e. The van der Waals surface area contributed by atoms with E-state index in [4.69, 9.17) is 21.1 Å². The van der Waals surface area contributed by atoms with Crippen LogP contribution in [0.1, 0.15) is 28.3 Å². The van der Waals surface area contributed by atoms with Gasteiger partial charge in [0.25, 0.3) is 11.6 Å². The molecule has 0 spiro atoms. The van der Waals surface area contributed by atoms with E-state index in [1.165, 1.54) is 55.6 Å². The van der Waals surface area contributed by atoms with Gasteiger partial charge in [-0.3, -0.25) is 19.7 Å². The predicted octanol–water partition coefficient (Wildman–Crippen LogP) is 2.87. The van der Waals surface area contributed by atoms with Crippen molar-refractivity contribution in [3.05, 3.63) is 74.8 Å². The van der Waals surface area contributed by atoms with E-state index in [9.17, 15) is 24.5 Å². The van der Waals surface area contributed by atoms with Crippen LogP contribution < -0.4 is 5.32 Å². The number of hydrogen-bond acceptors (Lipinski definition) is 7. The highest BCUT2D eigenvalue weighted by Gasteiger charge is 2.34. The molecule has 0 aromatic heterocycles. The topological polar surface area (TPSA) is 125 Å². The molecule has 0 aliphatic carbocycles. The first-order valence-electron chi connectivity index (χ1n) is 8.72. The Bertz CT molecular complexity index is 929. The van der Waals surface area contributed by atoms with Crippen LogP contribution in [0.25, 0.3) is 0 Å². The zero-order valence-corrected chi connectivity index (χ0v) is 16.9. The Labute approximate surface area is 177 Å². The molecule has 30 heavy (non-hydrogen) atoms. The molecular formula is C20H19ClN2O7. The summed E-state index contributed by atoms with van der Waals surface area (Å²) in [6.07, 6.45) is -0.269. The van der Waals surface area contributed by atoms with Crippen molar-refractivity contribution in [3.8, 4) is 0 Å². The van der Waals surface area contributed by atoms with Crippen molar-refractivity contribution in [2.24, 2.45) is 0 Å². The van der Waals surface area contributed by atoms with Gasteiger partial charge in [-0.05, 0) is 29.8 Å². The van der Waals surface area contributed by atoms with Gasteiger partial charge in [0.15, 0.2) is 0 Å². The average Bonchev–Trinajstić information content (AvgIpc) is 2.75. The lowest BCUT2D eigenvalue weighted by atomic mass is 9.88. The largest absolute Gasteiger partial charge is 0.469 e. The number of methoxy groups -OCH3 is 2. The number of rotatable bonds is 8. The van der Waals surface area contributed by atoms with E-state index in [1.807, 2.05) is 0 Å². The molecule has 9 nitrogen and oxygen atoms in total. The molecule has 1 N–H and O–H groups in total. The molecule has 0 saturated heterocycles. The van der Waals surface area contributed by atoms with Gasteiger partial charge in [0.05, 0.1) is 25.6 Å². The number of hydrogen-bond donors (Lipinski definition) is 1. The van der Waals surface area contributed by atoms with Crippen LogP contribution in [0, 0.1) is 10.1 Å². The Morgan fingerprint density at radius 1 is 1.03 bits per heavy atom. The van der Waals surface area contributed by atoms with E-state index < -0.39 is 34.7 Å². The van der Waals surface area contributed by atoms with E-state index in [2.05, 4.69) is 5.32 Å². The molecule has 10 heteroatoms. The lowest BCUT2D eigenvalue weighted by Gasteiger charge is -2.26. The Morgan fingerprint density at radius 2 is 1.63 bits per heavy atom. The molecule has 0 radical (unpaired) electrons. The van der Waals surface area contributed by atoms with Crippen molar-refractivity contribution in [1.82, 2.24) is 5.32 Å². The monoisotopic (exact) mass is 434 g/mol. The molecule has 2 aromatic carbocycles. The van der Waals surface area contributed by atoms with Gasteiger partial charge in [-0.2, -0.15) is 0 Å². The molecule has 0 aliphatic heterocycles. The van der Waals surface area contributed by atoms with Crippen LogP contribution >= 0.6 is 11.6 Å². The number of carbonyl (C=O) groups is 3. The summed E-state index contributed by atoms with van der Waals surface area (Å²) in [7, 11) is 2.34. The lowest BCUT2D eigenvalue weighted by Crippen LogP contribution is -2.46. The van der Waals surface area contributed by atoms with Crippen LogP contribution in [-0.2, 0) is 19.1 Å². The molecule has 0 unspecified atom stereocenters. The molecular weight excluding hydrogens is 416 g/mol. The third-order valence-electron chi connectivity index (χ3n) is 4.40. The maximum atomic E-state index is 12.7. The highest BCUT2D eigenvalue weighted by Crippen LogP contribution is 2.27. The van der Waals surface area contributed by atoms with Gasteiger partial charge in [-0.1, -0.05) is 23.7 Å². The summed E-state index contributed by atoms with van der Waals surface area (Å²) in [4.78, 5) is 47.4. The number of carbonyl (C=O) groups excluding carboxylic acids is 3. The number of nitrogens with one attached hydrogen (secondary N) is 1. The maximum absolute atomic E-state index is 12.7. The first-order valence-corrected chi connectivity index (χ1v) is 9.10. The summed E-state index contributed by atoms with van der Waals surface area (Å²) < 4.78 is 9.52. The Hall–Kier alpha value is -3.46. The number of nitro benzene ring substituents is 1. The van der Waals surface area contributed by atoms with Crippen LogP contribution in [0.5, 0.6) is 0 Å². The fourth-order valence-electron chi connectivity index (χ4n) is 2.81. The van der Waals surface area contributed by atoms with Gasteiger partial charge in [-0.15, -0.1) is 0 Å². The molecule has 0 saturated carbocycles. The summed E-state index contributed by atoms with van der Waals surface area (Å²) in [5.74, 6) is -2.89. The second kappa shape index (κ2) is 10.4. The van der Waals surface area contributed by atoms with Crippen molar-refractivity contribution in [2.45, 2.75) is 18.4 Å². The molecule has 2 aromatic rings. The predicted molar refractivity (Wildman–Crippen MR) is 107 cm³/mol. The molecule has 0 fully saturated rings. The number of nitro groups is 1. The number of ether oxygens (including phenoxy) is 2. The first-order chi connectivity index (χ1) is 14.3. The average molecular weight is 435 g/mol. The third kappa shape index (κ3) is 5.77. The van der Waals surface area contributed by atoms with Gasteiger partial charge in [-0.25, -0.2) is 4.79 Å². The van der Waals surface area contributed by atoms with Crippen LogP contribution in [0.4, 0.5) is 5.69 Å². The third-order valence-corrected chi connectivity index (χ3v) is 4.65. The van der Waals surface area contributed by atoms with Crippen LogP contribution in [-0.4, -0.2) is 43.0 Å². The van der Waals surface area contributed by atoms with Crippen molar-refractivity contribution in [1.29, 1.82) is 0 Å². The summed E-state index contributed by atoms with van der Waals surface area (Å²) >= 11 is 5.83.